The minimum atomic E-state index is -0.545. The number of hydrogen-bond donors (Lipinski definition) is 1. The number of anilines is 1. The standard InChI is InChI=1S/C19H20F3N3O/c20-15-5-3-6-16(21)14(15)12-24-8-10-25(11-9-24)13-19(26)23-18-7-2-1-4-17(18)22/h1-7H,8-13H2,(H,23,26). The summed E-state index contributed by atoms with van der Waals surface area (Å²) in [4.78, 5) is 15.9. The van der Waals surface area contributed by atoms with Crippen molar-refractivity contribution in [1.29, 1.82) is 0 Å². The van der Waals surface area contributed by atoms with E-state index in [1.54, 1.807) is 12.1 Å². The summed E-state index contributed by atoms with van der Waals surface area (Å²) in [5, 5.41) is 2.56. The van der Waals surface area contributed by atoms with Crippen LogP contribution in [0.25, 0.3) is 0 Å². The van der Waals surface area contributed by atoms with Gasteiger partial charge in [0.05, 0.1) is 12.2 Å². The van der Waals surface area contributed by atoms with Crippen LogP contribution in [-0.4, -0.2) is 48.4 Å². The fourth-order valence-corrected chi connectivity index (χ4v) is 2.97. The number of halogens is 3. The third-order valence-corrected chi connectivity index (χ3v) is 4.42. The molecule has 0 bridgehead atoms. The molecule has 7 heteroatoms. The number of benzene rings is 2. The van der Waals surface area contributed by atoms with Gasteiger partial charge in [-0.25, -0.2) is 13.2 Å². The first kappa shape index (κ1) is 18.4. The molecule has 1 heterocycles. The van der Waals surface area contributed by atoms with Gasteiger partial charge in [-0.05, 0) is 24.3 Å². The molecule has 2 aromatic carbocycles. The first-order valence-corrected chi connectivity index (χ1v) is 8.45. The molecule has 0 aromatic heterocycles. The molecule has 0 unspecified atom stereocenters. The molecule has 1 aliphatic heterocycles. The highest BCUT2D eigenvalue weighted by molar-refractivity contribution is 5.92. The second kappa shape index (κ2) is 8.33. The van der Waals surface area contributed by atoms with Crippen LogP contribution in [0.2, 0.25) is 0 Å². The van der Waals surface area contributed by atoms with E-state index in [0.717, 1.165) is 0 Å². The van der Waals surface area contributed by atoms with Crippen molar-refractivity contribution in [2.45, 2.75) is 6.54 Å². The minimum Gasteiger partial charge on any atom is -0.322 e. The number of piperazine rings is 1. The number of nitrogens with one attached hydrogen (secondary N) is 1. The quantitative estimate of drug-likeness (QED) is 0.887. The van der Waals surface area contributed by atoms with Gasteiger partial charge in [0.25, 0.3) is 0 Å². The van der Waals surface area contributed by atoms with Gasteiger partial charge < -0.3 is 5.32 Å². The number of rotatable bonds is 5. The van der Waals surface area contributed by atoms with Crippen LogP contribution in [-0.2, 0) is 11.3 Å². The first-order valence-electron chi connectivity index (χ1n) is 8.45. The lowest BCUT2D eigenvalue weighted by Crippen LogP contribution is -2.48. The van der Waals surface area contributed by atoms with Crippen molar-refractivity contribution in [3.63, 3.8) is 0 Å². The normalized spacial score (nSPS) is 15.8. The molecule has 3 rings (SSSR count). The molecular weight excluding hydrogens is 343 g/mol. The molecule has 0 atom stereocenters. The van der Waals surface area contributed by atoms with E-state index in [4.69, 9.17) is 0 Å². The van der Waals surface area contributed by atoms with Crippen LogP contribution >= 0.6 is 0 Å². The molecule has 26 heavy (non-hydrogen) atoms. The predicted molar refractivity (Wildman–Crippen MR) is 93.1 cm³/mol. The lowest BCUT2D eigenvalue weighted by atomic mass is 10.1. The van der Waals surface area contributed by atoms with Crippen LogP contribution in [0.3, 0.4) is 0 Å². The van der Waals surface area contributed by atoms with Crippen molar-refractivity contribution in [2.75, 3.05) is 38.0 Å². The van der Waals surface area contributed by atoms with Gasteiger partial charge in [0.2, 0.25) is 5.91 Å². The number of hydrogen-bond acceptors (Lipinski definition) is 3. The van der Waals surface area contributed by atoms with E-state index in [0.29, 0.717) is 26.2 Å². The van der Waals surface area contributed by atoms with E-state index < -0.39 is 17.5 Å². The number of carbonyl (C=O) groups excluding carboxylic acids is 1. The van der Waals surface area contributed by atoms with Gasteiger partial charge in [-0.15, -0.1) is 0 Å². The fourth-order valence-electron chi connectivity index (χ4n) is 2.97. The van der Waals surface area contributed by atoms with Crippen LogP contribution in [0.5, 0.6) is 0 Å². The Hall–Kier alpha value is -2.38. The molecular formula is C19H20F3N3O. The van der Waals surface area contributed by atoms with Gasteiger partial charge in [-0.2, -0.15) is 0 Å². The Morgan fingerprint density at radius 3 is 2.08 bits per heavy atom. The molecule has 1 fully saturated rings. The van der Waals surface area contributed by atoms with E-state index >= 15 is 0 Å². The van der Waals surface area contributed by atoms with E-state index in [1.165, 1.54) is 30.3 Å². The van der Waals surface area contributed by atoms with Gasteiger partial charge in [0, 0.05) is 38.3 Å². The van der Waals surface area contributed by atoms with E-state index in [9.17, 15) is 18.0 Å². The average molecular weight is 363 g/mol. The molecule has 1 amide bonds. The SMILES string of the molecule is O=C(CN1CCN(Cc2c(F)cccc2F)CC1)Nc1ccccc1F. The molecule has 0 spiro atoms. The minimum absolute atomic E-state index is 0.0678. The zero-order chi connectivity index (χ0) is 18.5. The van der Waals surface area contributed by atoms with Crippen molar-refractivity contribution in [2.24, 2.45) is 0 Å². The lowest BCUT2D eigenvalue weighted by molar-refractivity contribution is -0.117. The fraction of sp³-hybridized carbons (Fsp3) is 0.316. The van der Waals surface area contributed by atoms with Crippen molar-refractivity contribution >= 4 is 11.6 Å². The van der Waals surface area contributed by atoms with Crippen molar-refractivity contribution in [1.82, 2.24) is 9.80 Å². The number of carbonyl (C=O) groups is 1. The van der Waals surface area contributed by atoms with Gasteiger partial charge >= 0.3 is 0 Å². The van der Waals surface area contributed by atoms with Crippen molar-refractivity contribution in [3.8, 4) is 0 Å². The maximum atomic E-state index is 13.7. The Labute approximate surface area is 150 Å². The Balaban J connectivity index is 1.48. The largest absolute Gasteiger partial charge is 0.322 e. The zero-order valence-corrected chi connectivity index (χ0v) is 14.2. The summed E-state index contributed by atoms with van der Waals surface area (Å²) >= 11 is 0. The highest BCUT2D eigenvalue weighted by atomic mass is 19.1. The third-order valence-electron chi connectivity index (χ3n) is 4.42. The molecule has 0 radical (unpaired) electrons. The maximum absolute atomic E-state index is 13.7. The molecule has 1 saturated heterocycles. The van der Waals surface area contributed by atoms with E-state index in [-0.39, 0.29) is 30.2 Å². The van der Waals surface area contributed by atoms with Crippen LogP contribution in [0.4, 0.5) is 18.9 Å². The van der Waals surface area contributed by atoms with Gasteiger partial charge in [-0.1, -0.05) is 18.2 Å². The van der Waals surface area contributed by atoms with Crippen LogP contribution in [0, 0.1) is 17.5 Å². The molecule has 1 aliphatic rings. The molecule has 0 saturated carbocycles. The summed E-state index contributed by atoms with van der Waals surface area (Å²) in [7, 11) is 0. The molecule has 1 N–H and O–H groups in total. The summed E-state index contributed by atoms with van der Waals surface area (Å²) in [5.74, 6) is -1.85. The molecule has 138 valence electrons. The van der Waals surface area contributed by atoms with E-state index in [2.05, 4.69) is 5.32 Å². The van der Waals surface area contributed by atoms with Gasteiger partial charge in [0.15, 0.2) is 0 Å². The summed E-state index contributed by atoms with van der Waals surface area (Å²) < 4.78 is 41.0. The Morgan fingerprint density at radius 1 is 0.846 bits per heavy atom. The summed E-state index contributed by atoms with van der Waals surface area (Å²) in [6.07, 6.45) is 0. The zero-order valence-electron chi connectivity index (χ0n) is 14.2. The number of amides is 1. The Kier molecular flexibility index (Phi) is 5.90. The van der Waals surface area contributed by atoms with Crippen molar-refractivity contribution < 1.29 is 18.0 Å². The molecule has 0 aliphatic carbocycles. The Morgan fingerprint density at radius 2 is 1.42 bits per heavy atom. The van der Waals surface area contributed by atoms with Gasteiger partial charge in [0.1, 0.15) is 17.5 Å². The monoisotopic (exact) mass is 363 g/mol. The summed E-state index contributed by atoms with van der Waals surface area (Å²) in [6, 6.07) is 9.86. The topological polar surface area (TPSA) is 35.6 Å². The third kappa shape index (κ3) is 4.62. The van der Waals surface area contributed by atoms with Crippen LogP contribution in [0.1, 0.15) is 5.56 Å². The van der Waals surface area contributed by atoms with Crippen LogP contribution in [0.15, 0.2) is 42.5 Å². The second-order valence-corrected chi connectivity index (χ2v) is 6.28. The number of nitrogens with zero attached hydrogens (tertiary/aromatic N) is 2. The smallest absolute Gasteiger partial charge is 0.238 e. The highest BCUT2D eigenvalue weighted by Crippen LogP contribution is 2.16. The van der Waals surface area contributed by atoms with Crippen molar-refractivity contribution in [3.05, 3.63) is 65.5 Å². The average Bonchev–Trinajstić information content (AvgIpc) is 2.62. The first-order chi connectivity index (χ1) is 12.5. The number of para-hydroxylation sites is 1. The van der Waals surface area contributed by atoms with E-state index in [1.807, 2.05) is 9.80 Å². The second-order valence-electron chi connectivity index (χ2n) is 6.28. The maximum Gasteiger partial charge on any atom is 0.238 e. The summed E-state index contributed by atoms with van der Waals surface area (Å²) in [5.41, 5.74) is 0.226. The van der Waals surface area contributed by atoms with Crippen LogP contribution < -0.4 is 5.32 Å². The highest BCUT2D eigenvalue weighted by Gasteiger charge is 2.21. The predicted octanol–water partition coefficient (Wildman–Crippen LogP) is 2.86. The Bertz CT molecular complexity index is 756. The van der Waals surface area contributed by atoms with Gasteiger partial charge in [-0.3, -0.25) is 14.6 Å². The molecule has 4 nitrogen and oxygen atoms in total. The lowest BCUT2D eigenvalue weighted by Gasteiger charge is -2.34. The summed E-state index contributed by atoms with van der Waals surface area (Å²) in [6.45, 7) is 2.74. The molecule has 2 aromatic rings.